The SMILES string of the molecule is COC(=O)Cc1ccc(C(=S)OC(C)(C)C)cc1. The fourth-order valence-electron chi connectivity index (χ4n) is 1.33. The van der Waals surface area contributed by atoms with E-state index in [2.05, 4.69) is 4.74 Å². The van der Waals surface area contributed by atoms with Crippen LogP contribution in [0, 0.1) is 0 Å². The summed E-state index contributed by atoms with van der Waals surface area (Å²) in [5.74, 6) is -0.253. The zero-order valence-electron chi connectivity index (χ0n) is 11.1. The van der Waals surface area contributed by atoms with E-state index in [9.17, 15) is 4.79 Å². The summed E-state index contributed by atoms with van der Waals surface area (Å²) in [6.07, 6.45) is 0.268. The molecule has 0 aliphatic rings. The molecule has 0 aliphatic carbocycles. The van der Waals surface area contributed by atoms with Crippen LogP contribution in [0.15, 0.2) is 24.3 Å². The molecule has 0 amide bonds. The molecule has 0 heterocycles. The number of ether oxygens (including phenoxy) is 2. The van der Waals surface area contributed by atoms with Crippen LogP contribution in [0.2, 0.25) is 0 Å². The molecule has 0 spiro atoms. The number of hydrogen-bond donors (Lipinski definition) is 0. The van der Waals surface area contributed by atoms with E-state index in [-0.39, 0.29) is 18.0 Å². The van der Waals surface area contributed by atoms with Crippen LogP contribution in [0.4, 0.5) is 0 Å². The van der Waals surface area contributed by atoms with E-state index in [0.29, 0.717) is 5.05 Å². The number of benzene rings is 1. The fraction of sp³-hybridized carbons (Fsp3) is 0.429. The van der Waals surface area contributed by atoms with E-state index >= 15 is 0 Å². The largest absolute Gasteiger partial charge is 0.477 e. The third-order valence-corrected chi connectivity index (χ3v) is 2.48. The van der Waals surface area contributed by atoms with Crippen molar-refractivity contribution in [1.82, 2.24) is 0 Å². The van der Waals surface area contributed by atoms with Crippen LogP contribution in [0.5, 0.6) is 0 Å². The van der Waals surface area contributed by atoms with Gasteiger partial charge in [-0.1, -0.05) is 24.3 Å². The van der Waals surface area contributed by atoms with Crippen molar-refractivity contribution in [3.05, 3.63) is 35.4 Å². The Labute approximate surface area is 113 Å². The molecule has 0 saturated heterocycles. The predicted molar refractivity (Wildman–Crippen MR) is 74.7 cm³/mol. The molecule has 0 aliphatic heterocycles. The normalized spacial score (nSPS) is 10.9. The lowest BCUT2D eigenvalue weighted by Crippen LogP contribution is -2.23. The third kappa shape index (κ3) is 4.84. The summed E-state index contributed by atoms with van der Waals surface area (Å²) in [7, 11) is 1.38. The zero-order chi connectivity index (χ0) is 13.8. The molecule has 0 radical (unpaired) electrons. The Balaban J connectivity index is 2.71. The molecule has 0 fully saturated rings. The van der Waals surface area contributed by atoms with Gasteiger partial charge in [-0.3, -0.25) is 4.79 Å². The summed E-state index contributed by atoms with van der Waals surface area (Å²) in [4.78, 5) is 11.1. The van der Waals surface area contributed by atoms with Crippen molar-refractivity contribution in [2.45, 2.75) is 32.8 Å². The molecule has 0 bridgehead atoms. The number of esters is 1. The first-order valence-electron chi connectivity index (χ1n) is 5.71. The molecule has 18 heavy (non-hydrogen) atoms. The Morgan fingerprint density at radius 3 is 2.22 bits per heavy atom. The van der Waals surface area contributed by atoms with E-state index < -0.39 is 0 Å². The average molecular weight is 266 g/mol. The monoisotopic (exact) mass is 266 g/mol. The lowest BCUT2D eigenvalue weighted by molar-refractivity contribution is -0.139. The highest BCUT2D eigenvalue weighted by Gasteiger charge is 2.14. The molecule has 4 heteroatoms. The highest BCUT2D eigenvalue weighted by atomic mass is 32.1. The van der Waals surface area contributed by atoms with Gasteiger partial charge in [0.1, 0.15) is 5.60 Å². The van der Waals surface area contributed by atoms with Crippen molar-refractivity contribution in [3.63, 3.8) is 0 Å². The lowest BCUT2D eigenvalue weighted by atomic mass is 10.1. The van der Waals surface area contributed by atoms with Crippen molar-refractivity contribution < 1.29 is 14.3 Å². The molecule has 0 atom stereocenters. The Kier molecular flexibility index (Phi) is 4.84. The van der Waals surface area contributed by atoms with Crippen LogP contribution < -0.4 is 0 Å². The van der Waals surface area contributed by atoms with E-state index in [0.717, 1.165) is 11.1 Å². The maximum atomic E-state index is 11.1. The van der Waals surface area contributed by atoms with Gasteiger partial charge in [0, 0.05) is 5.56 Å². The lowest BCUT2D eigenvalue weighted by Gasteiger charge is -2.21. The van der Waals surface area contributed by atoms with Crippen LogP contribution in [0.1, 0.15) is 31.9 Å². The second-order valence-corrected chi connectivity index (χ2v) is 5.32. The standard InChI is InChI=1S/C14H18O3S/c1-14(2,3)17-13(18)11-7-5-10(6-8-11)9-12(15)16-4/h5-8H,9H2,1-4H3. The van der Waals surface area contributed by atoms with Crippen LogP contribution in [0.3, 0.4) is 0 Å². The smallest absolute Gasteiger partial charge is 0.309 e. The van der Waals surface area contributed by atoms with Gasteiger partial charge in [0.05, 0.1) is 13.5 Å². The first kappa shape index (κ1) is 14.6. The summed E-state index contributed by atoms with van der Waals surface area (Å²) in [5.41, 5.74) is 1.43. The van der Waals surface area contributed by atoms with Crippen molar-refractivity contribution >= 4 is 23.2 Å². The van der Waals surface area contributed by atoms with E-state index in [1.54, 1.807) is 0 Å². The maximum Gasteiger partial charge on any atom is 0.309 e. The molecule has 0 unspecified atom stereocenters. The van der Waals surface area contributed by atoms with Gasteiger partial charge < -0.3 is 9.47 Å². The third-order valence-electron chi connectivity index (χ3n) is 2.16. The van der Waals surface area contributed by atoms with Gasteiger partial charge in [0.25, 0.3) is 0 Å². The summed E-state index contributed by atoms with van der Waals surface area (Å²) >= 11 is 5.21. The highest BCUT2D eigenvalue weighted by molar-refractivity contribution is 7.80. The summed E-state index contributed by atoms with van der Waals surface area (Å²) in [5, 5.41) is 0.465. The van der Waals surface area contributed by atoms with Gasteiger partial charge in [-0.2, -0.15) is 0 Å². The van der Waals surface area contributed by atoms with Gasteiger partial charge in [0.15, 0.2) is 5.05 Å². The Morgan fingerprint density at radius 2 is 1.78 bits per heavy atom. The molecule has 1 rings (SSSR count). The topological polar surface area (TPSA) is 35.5 Å². The molecule has 0 aromatic heterocycles. The van der Waals surface area contributed by atoms with Gasteiger partial charge in [-0.25, -0.2) is 0 Å². The number of methoxy groups -OCH3 is 1. The second kappa shape index (κ2) is 5.96. The number of thiocarbonyl (C=S) groups is 1. The minimum Gasteiger partial charge on any atom is -0.477 e. The van der Waals surface area contributed by atoms with Gasteiger partial charge in [0.2, 0.25) is 0 Å². The average Bonchev–Trinajstić information content (AvgIpc) is 2.27. The number of carbonyl (C=O) groups excluding carboxylic acids is 1. The maximum absolute atomic E-state index is 11.1. The van der Waals surface area contributed by atoms with E-state index in [4.69, 9.17) is 17.0 Å². The fourth-order valence-corrected chi connectivity index (χ4v) is 1.72. The minimum absolute atomic E-state index is 0.253. The number of rotatable bonds is 3. The van der Waals surface area contributed by atoms with E-state index in [1.807, 2.05) is 45.0 Å². The molecular weight excluding hydrogens is 248 g/mol. The molecule has 98 valence electrons. The van der Waals surface area contributed by atoms with E-state index in [1.165, 1.54) is 7.11 Å². The Bertz CT molecular complexity index is 429. The molecule has 0 N–H and O–H groups in total. The summed E-state index contributed by atoms with van der Waals surface area (Å²) in [6.45, 7) is 5.85. The second-order valence-electron chi connectivity index (χ2n) is 4.95. The highest BCUT2D eigenvalue weighted by Crippen LogP contribution is 2.14. The molecule has 3 nitrogen and oxygen atoms in total. The van der Waals surface area contributed by atoms with Crippen molar-refractivity contribution in [2.75, 3.05) is 7.11 Å². The van der Waals surface area contributed by atoms with Crippen LogP contribution in [0.25, 0.3) is 0 Å². The first-order valence-corrected chi connectivity index (χ1v) is 6.12. The summed E-state index contributed by atoms with van der Waals surface area (Å²) in [6, 6.07) is 7.41. The predicted octanol–water partition coefficient (Wildman–Crippen LogP) is 2.89. The Hall–Kier alpha value is -1.42. The van der Waals surface area contributed by atoms with Crippen LogP contribution >= 0.6 is 12.2 Å². The van der Waals surface area contributed by atoms with Gasteiger partial charge in [-0.05, 0) is 38.6 Å². The first-order chi connectivity index (χ1) is 8.31. The number of hydrogen-bond acceptors (Lipinski definition) is 4. The zero-order valence-corrected chi connectivity index (χ0v) is 12.0. The van der Waals surface area contributed by atoms with Gasteiger partial charge >= 0.3 is 5.97 Å². The molecule has 0 saturated carbocycles. The van der Waals surface area contributed by atoms with Crippen LogP contribution in [-0.2, 0) is 20.7 Å². The van der Waals surface area contributed by atoms with Crippen molar-refractivity contribution in [1.29, 1.82) is 0 Å². The van der Waals surface area contributed by atoms with Crippen molar-refractivity contribution in [3.8, 4) is 0 Å². The van der Waals surface area contributed by atoms with Crippen LogP contribution in [-0.4, -0.2) is 23.7 Å². The quantitative estimate of drug-likeness (QED) is 0.622. The Morgan fingerprint density at radius 1 is 1.22 bits per heavy atom. The number of carbonyl (C=O) groups is 1. The molecule has 1 aromatic rings. The van der Waals surface area contributed by atoms with Gasteiger partial charge in [-0.15, -0.1) is 0 Å². The minimum atomic E-state index is -0.304. The summed E-state index contributed by atoms with van der Waals surface area (Å²) < 4.78 is 10.2. The van der Waals surface area contributed by atoms with Crippen molar-refractivity contribution in [2.24, 2.45) is 0 Å². The molecular formula is C14H18O3S. The molecule has 1 aromatic carbocycles.